The Morgan fingerprint density at radius 2 is 1.44 bits per heavy atom. The SMILES string of the molecule is Nc1ncnc2nc[nH]c12.Oc1ccc(C=Cc2cc(O)cc(O)c2)cc1. The fourth-order valence-electron chi connectivity index (χ4n) is 2.28. The molecule has 8 heteroatoms. The number of aromatic amines is 1. The molecule has 8 nitrogen and oxygen atoms in total. The summed E-state index contributed by atoms with van der Waals surface area (Å²) in [7, 11) is 0. The molecule has 6 N–H and O–H groups in total. The summed E-state index contributed by atoms with van der Waals surface area (Å²) in [5, 5.41) is 27.7. The number of fused-ring (bicyclic) bond motifs is 1. The average Bonchev–Trinajstić information content (AvgIpc) is 3.11. The quantitative estimate of drug-likeness (QED) is 0.345. The molecule has 2 aromatic carbocycles. The van der Waals surface area contributed by atoms with Crippen molar-refractivity contribution >= 4 is 29.1 Å². The lowest BCUT2D eigenvalue weighted by Gasteiger charge is -1.98. The number of anilines is 1. The van der Waals surface area contributed by atoms with Gasteiger partial charge in [0.1, 0.15) is 29.1 Å². The highest BCUT2D eigenvalue weighted by Gasteiger charge is 1.99. The summed E-state index contributed by atoms with van der Waals surface area (Å²) in [5.74, 6) is 0.699. The van der Waals surface area contributed by atoms with Gasteiger partial charge in [0.15, 0.2) is 11.5 Å². The van der Waals surface area contributed by atoms with Crippen LogP contribution in [0.5, 0.6) is 17.2 Å². The van der Waals surface area contributed by atoms with Crippen LogP contribution in [0, 0.1) is 0 Å². The first-order valence-electron chi connectivity index (χ1n) is 7.91. The number of nitrogens with two attached hydrogens (primary N) is 1. The number of nitrogens with one attached hydrogen (secondary N) is 1. The summed E-state index contributed by atoms with van der Waals surface area (Å²) in [5.41, 5.74) is 8.41. The Morgan fingerprint density at radius 3 is 2.11 bits per heavy atom. The van der Waals surface area contributed by atoms with Crippen LogP contribution in [-0.2, 0) is 0 Å². The van der Waals surface area contributed by atoms with Gasteiger partial charge in [0, 0.05) is 6.07 Å². The summed E-state index contributed by atoms with van der Waals surface area (Å²) in [6, 6.07) is 11.1. The van der Waals surface area contributed by atoms with Gasteiger partial charge in [-0.1, -0.05) is 24.3 Å². The lowest BCUT2D eigenvalue weighted by Crippen LogP contribution is -1.91. The highest BCUT2D eigenvalue weighted by Crippen LogP contribution is 2.22. The predicted octanol–water partition coefficient (Wildman–Crippen LogP) is 2.91. The van der Waals surface area contributed by atoms with Gasteiger partial charge in [-0.05, 0) is 35.4 Å². The number of nitrogen functional groups attached to an aromatic ring is 1. The van der Waals surface area contributed by atoms with Crippen LogP contribution in [0.15, 0.2) is 55.1 Å². The Kier molecular flexibility index (Phi) is 5.17. The molecule has 0 saturated heterocycles. The van der Waals surface area contributed by atoms with Gasteiger partial charge in [0.25, 0.3) is 0 Å². The Morgan fingerprint density at radius 1 is 0.778 bits per heavy atom. The average molecular weight is 363 g/mol. The van der Waals surface area contributed by atoms with Gasteiger partial charge in [-0.3, -0.25) is 0 Å². The first-order chi connectivity index (χ1) is 13.0. The van der Waals surface area contributed by atoms with E-state index >= 15 is 0 Å². The number of nitrogens with zero attached hydrogens (tertiary/aromatic N) is 3. The van der Waals surface area contributed by atoms with E-state index in [0.29, 0.717) is 22.5 Å². The lowest BCUT2D eigenvalue weighted by atomic mass is 10.1. The van der Waals surface area contributed by atoms with Crippen LogP contribution in [0.25, 0.3) is 23.3 Å². The number of phenols is 3. The molecule has 0 fully saturated rings. The monoisotopic (exact) mass is 363 g/mol. The van der Waals surface area contributed by atoms with E-state index in [1.54, 1.807) is 42.5 Å². The number of H-pyrrole nitrogens is 1. The van der Waals surface area contributed by atoms with E-state index in [4.69, 9.17) is 10.8 Å². The lowest BCUT2D eigenvalue weighted by molar-refractivity contribution is 0.450. The summed E-state index contributed by atoms with van der Waals surface area (Å²) in [4.78, 5) is 14.4. The van der Waals surface area contributed by atoms with Crippen molar-refractivity contribution in [2.75, 3.05) is 5.73 Å². The molecule has 0 aliphatic carbocycles. The maximum Gasteiger partial charge on any atom is 0.182 e. The van der Waals surface area contributed by atoms with Gasteiger partial charge in [0.2, 0.25) is 0 Å². The van der Waals surface area contributed by atoms with Crippen molar-refractivity contribution in [1.82, 2.24) is 19.9 Å². The molecule has 136 valence electrons. The van der Waals surface area contributed by atoms with Crippen LogP contribution < -0.4 is 5.73 Å². The Bertz CT molecular complexity index is 1050. The molecule has 4 rings (SSSR count). The minimum Gasteiger partial charge on any atom is -0.508 e. The molecular weight excluding hydrogens is 346 g/mol. The summed E-state index contributed by atoms with van der Waals surface area (Å²) < 4.78 is 0. The van der Waals surface area contributed by atoms with Crippen molar-refractivity contribution in [2.45, 2.75) is 0 Å². The van der Waals surface area contributed by atoms with Crippen molar-refractivity contribution in [1.29, 1.82) is 0 Å². The number of phenolic OH excluding ortho intramolecular Hbond substituents is 3. The summed E-state index contributed by atoms with van der Waals surface area (Å²) >= 11 is 0. The summed E-state index contributed by atoms with van der Waals surface area (Å²) in [6.07, 6.45) is 6.52. The molecule has 27 heavy (non-hydrogen) atoms. The maximum atomic E-state index is 9.30. The van der Waals surface area contributed by atoms with Gasteiger partial charge in [-0.25, -0.2) is 15.0 Å². The van der Waals surface area contributed by atoms with Crippen molar-refractivity contribution in [3.05, 3.63) is 66.2 Å². The smallest absolute Gasteiger partial charge is 0.182 e. The third-order valence-electron chi connectivity index (χ3n) is 3.54. The Hall–Kier alpha value is -4.07. The molecule has 0 aliphatic heterocycles. The van der Waals surface area contributed by atoms with E-state index in [9.17, 15) is 10.2 Å². The van der Waals surface area contributed by atoms with Crippen LogP contribution in [0.3, 0.4) is 0 Å². The molecule has 4 aromatic rings. The highest BCUT2D eigenvalue weighted by atomic mass is 16.3. The molecule has 2 heterocycles. The van der Waals surface area contributed by atoms with Gasteiger partial charge in [-0.2, -0.15) is 0 Å². The fourth-order valence-corrected chi connectivity index (χ4v) is 2.28. The van der Waals surface area contributed by atoms with Gasteiger partial charge < -0.3 is 26.0 Å². The molecule has 0 bridgehead atoms. The maximum absolute atomic E-state index is 9.30. The van der Waals surface area contributed by atoms with Crippen molar-refractivity contribution in [2.24, 2.45) is 0 Å². The van der Waals surface area contributed by atoms with E-state index in [-0.39, 0.29) is 17.2 Å². The zero-order chi connectivity index (χ0) is 19.2. The molecule has 0 spiro atoms. The largest absolute Gasteiger partial charge is 0.508 e. The molecule has 0 radical (unpaired) electrons. The van der Waals surface area contributed by atoms with Crippen molar-refractivity contribution in [3.63, 3.8) is 0 Å². The van der Waals surface area contributed by atoms with E-state index in [1.165, 1.54) is 18.7 Å². The minimum atomic E-state index is 0.0235. The second kappa shape index (κ2) is 7.87. The van der Waals surface area contributed by atoms with Crippen LogP contribution in [-0.4, -0.2) is 35.3 Å². The van der Waals surface area contributed by atoms with E-state index in [1.807, 2.05) is 6.08 Å². The standard InChI is InChI=1S/C14H12O3.C5H5N5/c15-12-5-3-10(4-6-12)1-2-11-7-13(16)9-14(17)8-11;6-4-3-5(9-1-7-3)10-2-8-4/h1-9,15-17H;1-2H,(H3,6,7,8,9,10). The predicted molar refractivity (Wildman–Crippen MR) is 103 cm³/mol. The first-order valence-corrected chi connectivity index (χ1v) is 7.91. The van der Waals surface area contributed by atoms with Crippen LogP contribution in [0.1, 0.15) is 11.1 Å². The molecule has 0 amide bonds. The third-order valence-corrected chi connectivity index (χ3v) is 3.54. The van der Waals surface area contributed by atoms with Crippen LogP contribution >= 0.6 is 0 Å². The second-order valence-electron chi connectivity index (χ2n) is 5.57. The molecule has 0 unspecified atom stereocenters. The Balaban J connectivity index is 0.000000177. The van der Waals surface area contributed by atoms with E-state index in [2.05, 4.69) is 19.9 Å². The normalized spacial score (nSPS) is 10.7. The molecular formula is C19H17N5O3. The summed E-state index contributed by atoms with van der Waals surface area (Å²) in [6.45, 7) is 0. The first kappa shape index (κ1) is 17.7. The number of imidazole rings is 1. The highest BCUT2D eigenvalue weighted by molar-refractivity contribution is 5.80. The van der Waals surface area contributed by atoms with Crippen LogP contribution in [0.4, 0.5) is 5.82 Å². The molecule has 0 aliphatic rings. The number of hydrogen-bond acceptors (Lipinski definition) is 7. The minimum absolute atomic E-state index is 0.0235. The van der Waals surface area contributed by atoms with Crippen molar-refractivity contribution in [3.8, 4) is 17.2 Å². The van der Waals surface area contributed by atoms with Crippen molar-refractivity contribution < 1.29 is 15.3 Å². The third kappa shape index (κ3) is 4.73. The van der Waals surface area contributed by atoms with Gasteiger partial charge in [0.05, 0.1) is 6.33 Å². The number of rotatable bonds is 2. The number of aromatic hydroxyl groups is 3. The zero-order valence-corrected chi connectivity index (χ0v) is 14.1. The van der Waals surface area contributed by atoms with Gasteiger partial charge in [-0.15, -0.1) is 0 Å². The Labute approximate surface area is 154 Å². The zero-order valence-electron chi connectivity index (χ0n) is 14.1. The van der Waals surface area contributed by atoms with Gasteiger partial charge >= 0.3 is 0 Å². The fraction of sp³-hybridized carbons (Fsp3) is 0. The van der Waals surface area contributed by atoms with E-state index < -0.39 is 0 Å². The number of benzene rings is 2. The van der Waals surface area contributed by atoms with E-state index in [0.717, 1.165) is 5.56 Å². The molecule has 0 saturated carbocycles. The molecule has 2 aromatic heterocycles. The second-order valence-corrected chi connectivity index (χ2v) is 5.57. The topological polar surface area (TPSA) is 141 Å². The van der Waals surface area contributed by atoms with Crippen LogP contribution in [0.2, 0.25) is 0 Å². The number of aromatic nitrogens is 4. The number of hydrogen-bond donors (Lipinski definition) is 5. The molecule has 0 atom stereocenters.